The predicted octanol–water partition coefficient (Wildman–Crippen LogP) is 1.76. The van der Waals surface area contributed by atoms with E-state index in [-0.39, 0.29) is 18.6 Å². The molecule has 1 aliphatic heterocycles. The molecule has 0 unspecified atom stereocenters. The highest BCUT2D eigenvalue weighted by atomic mass is 32.1. The largest absolute Gasteiger partial charge is 0.477 e. The number of carboxylic acid groups (broad SMARTS) is 1. The van der Waals surface area contributed by atoms with Crippen LogP contribution in [0, 0.1) is 0 Å². The fourth-order valence-electron chi connectivity index (χ4n) is 2.11. The van der Waals surface area contributed by atoms with E-state index in [1.54, 1.807) is 6.07 Å². The monoisotopic (exact) mass is 283 g/mol. The first-order valence-corrected chi connectivity index (χ1v) is 7.04. The molecule has 0 spiro atoms. The molecule has 1 aromatic heterocycles. The number of hydrogen-bond donors (Lipinski definition) is 1. The SMILES string of the molecule is CC(C)OC(=O)CN1CCc2sc(C(=O)O)cc2C1. The smallest absolute Gasteiger partial charge is 0.345 e. The van der Waals surface area contributed by atoms with Crippen LogP contribution in [-0.4, -0.2) is 41.1 Å². The van der Waals surface area contributed by atoms with Gasteiger partial charge in [0, 0.05) is 18.0 Å². The summed E-state index contributed by atoms with van der Waals surface area (Å²) in [6.07, 6.45) is 0.690. The first kappa shape index (κ1) is 14.0. The van der Waals surface area contributed by atoms with Gasteiger partial charge in [-0.15, -0.1) is 11.3 Å². The molecular formula is C13H17NO4S. The van der Waals surface area contributed by atoms with E-state index in [2.05, 4.69) is 0 Å². The molecule has 0 amide bonds. The van der Waals surface area contributed by atoms with Crippen LogP contribution in [0.5, 0.6) is 0 Å². The maximum absolute atomic E-state index is 11.6. The van der Waals surface area contributed by atoms with Crippen LogP contribution in [0.1, 0.15) is 34.0 Å². The Hall–Kier alpha value is -1.40. The van der Waals surface area contributed by atoms with Gasteiger partial charge in [0.2, 0.25) is 0 Å². The van der Waals surface area contributed by atoms with E-state index in [0.717, 1.165) is 23.4 Å². The number of nitrogens with zero attached hydrogens (tertiary/aromatic N) is 1. The number of thiophene rings is 1. The van der Waals surface area contributed by atoms with Gasteiger partial charge in [0.15, 0.2) is 0 Å². The van der Waals surface area contributed by atoms with Crippen LogP contribution >= 0.6 is 11.3 Å². The third-order valence-corrected chi connectivity index (χ3v) is 4.10. The van der Waals surface area contributed by atoms with Crippen molar-refractivity contribution in [2.75, 3.05) is 13.1 Å². The molecule has 6 heteroatoms. The predicted molar refractivity (Wildman–Crippen MR) is 71.5 cm³/mol. The Balaban J connectivity index is 1.98. The summed E-state index contributed by atoms with van der Waals surface area (Å²) >= 11 is 1.33. The lowest BCUT2D eigenvalue weighted by Crippen LogP contribution is -2.35. The van der Waals surface area contributed by atoms with E-state index in [9.17, 15) is 9.59 Å². The van der Waals surface area contributed by atoms with Gasteiger partial charge in [0.05, 0.1) is 12.6 Å². The summed E-state index contributed by atoms with van der Waals surface area (Å²) in [6, 6.07) is 1.71. The van der Waals surface area contributed by atoms with Crippen LogP contribution in [0.25, 0.3) is 0 Å². The lowest BCUT2D eigenvalue weighted by Gasteiger charge is -2.25. The number of rotatable bonds is 4. The molecule has 0 saturated heterocycles. The Morgan fingerprint density at radius 1 is 1.53 bits per heavy atom. The van der Waals surface area contributed by atoms with E-state index in [1.807, 2.05) is 18.7 Å². The highest BCUT2D eigenvalue weighted by molar-refractivity contribution is 7.14. The van der Waals surface area contributed by atoms with Crippen molar-refractivity contribution in [1.29, 1.82) is 0 Å². The summed E-state index contributed by atoms with van der Waals surface area (Å²) in [7, 11) is 0. The average Bonchev–Trinajstić information content (AvgIpc) is 2.70. The van der Waals surface area contributed by atoms with Crippen LogP contribution in [0.2, 0.25) is 0 Å². The minimum absolute atomic E-state index is 0.104. The Morgan fingerprint density at radius 3 is 2.89 bits per heavy atom. The summed E-state index contributed by atoms with van der Waals surface area (Å²) in [6.45, 7) is 5.29. The zero-order valence-electron chi connectivity index (χ0n) is 11.0. The van der Waals surface area contributed by atoms with E-state index in [0.29, 0.717) is 11.4 Å². The number of hydrogen-bond acceptors (Lipinski definition) is 5. The number of fused-ring (bicyclic) bond motifs is 1. The highest BCUT2D eigenvalue weighted by Gasteiger charge is 2.23. The maximum Gasteiger partial charge on any atom is 0.345 e. The van der Waals surface area contributed by atoms with Crippen LogP contribution in [0.4, 0.5) is 0 Å². The number of ether oxygens (including phenoxy) is 1. The molecule has 1 N–H and O–H groups in total. The minimum atomic E-state index is -0.884. The van der Waals surface area contributed by atoms with Crippen molar-refractivity contribution in [3.63, 3.8) is 0 Å². The molecule has 0 aliphatic carbocycles. The maximum atomic E-state index is 11.6. The zero-order valence-corrected chi connectivity index (χ0v) is 11.8. The molecule has 1 aromatic rings. The van der Waals surface area contributed by atoms with Crippen molar-refractivity contribution in [1.82, 2.24) is 4.90 Å². The van der Waals surface area contributed by atoms with Gasteiger partial charge in [0.25, 0.3) is 0 Å². The van der Waals surface area contributed by atoms with Crippen LogP contribution < -0.4 is 0 Å². The van der Waals surface area contributed by atoms with Crippen molar-refractivity contribution in [3.8, 4) is 0 Å². The minimum Gasteiger partial charge on any atom is -0.477 e. The standard InChI is InChI=1S/C13H17NO4S/c1-8(2)18-12(15)7-14-4-3-10-9(6-14)5-11(19-10)13(16)17/h5,8H,3-4,6-7H2,1-2H3,(H,16,17). The number of carboxylic acids is 1. The lowest BCUT2D eigenvalue weighted by molar-refractivity contribution is -0.148. The van der Waals surface area contributed by atoms with Gasteiger partial charge >= 0.3 is 11.9 Å². The van der Waals surface area contributed by atoms with Gasteiger partial charge < -0.3 is 9.84 Å². The topological polar surface area (TPSA) is 66.8 Å². The Labute approximate surface area is 115 Å². The summed E-state index contributed by atoms with van der Waals surface area (Å²) in [5.74, 6) is -1.11. The quantitative estimate of drug-likeness (QED) is 0.853. The summed E-state index contributed by atoms with van der Waals surface area (Å²) < 4.78 is 5.11. The molecule has 0 saturated carbocycles. The van der Waals surface area contributed by atoms with Gasteiger partial charge in [-0.25, -0.2) is 4.79 Å². The molecule has 1 aliphatic rings. The molecule has 0 aromatic carbocycles. The first-order valence-electron chi connectivity index (χ1n) is 6.22. The van der Waals surface area contributed by atoms with Crippen molar-refractivity contribution in [3.05, 3.63) is 21.4 Å². The van der Waals surface area contributed by atoms with E-state index >= 15 is 0 Å². The summed E-state index contributed by atoms with van der Waals surface area (Å²) in [4.78, 5) is 26.0. The van der Waals surface area contributed by atoms with Crippen LogP contribution in [0.15, 0.2) is 6.07 Å². The fraction of sp³-hybridized carbons (Fsp3) is 0.538. The number of carbonyl (C=O) groups excluding carboxylic acids is 1. The second kappa shape index (κ2) is 5.71. The van der Waals surface area contributed by atoms with Crippen LogP contribution in [0.3, 0.4) is 0 Å². The molecule has 5 nitrogen and oxygen atoms in total. The highest BCUT2D eigenvalue weighted by Crippen LogP contribution is 2.28. The molecule has 0 fully saturated rings. The van der Waals surface area contributed by atoms with Crippen molar-refractivity contribution in [2.24, 2.45) is 0 Å². The molecule has 0 bridgehead atoms. The molecule has 0 radical (unpaired) electrons. The first-order chi connectivity index (χ1) is 8.95. The third-order valence-electron chi connectivity index (χ3n) is 2.88. The Bertz CT molecular complexity index is 495. The van der Waals surface area contributed by atoms with Gasteiger partial charge in [0.1, 0.15) is 4.88 Å². The fourth-order valence-corrected chi connectivity index (χ4v) is 3.12. The van der Waals surface area contributed by atoms with Crippen molar-refractivity contribution >= 4 is 23.3 Å². The lowest BCUT2D eigenvalue weighted by atomic mass is 10.1. The molecule has 104 valence electrons. The Kier molecular flexibility index (Phi) is 4.21. The van der Waals surface area contributed by atoms with E-state index < -0.39 is 5.97 Å². The third kappa shape index (κ3) is 3.54. The molecule has 2 heterocycles. The molecule has 0 atom stereocenters. The molecule has 19 heavy (non-hydrogen) atoms. The number of esters is 1. The number of aromatic carboxylic acids is 1. The Morgan fingerprint density at radius 2 is 2.26 bits per heavy atom. The van der Waals surface area contributed by atoms with Gasteiger partial charge in [-0.2, -0.15) is 0 Å². The number of carbonyl (C=O) groups is 2. The van der Waals surface area contributed by atoms with Gasteiger partial charge in [-0.1, -0.05) is 0 Å². The summed E-state index contributed by atoms with van der Waals surface area (Å²) in [5.41, 5.74) is 1.02. The van der Waals surface area contributed by atoms with Crippen molar-refractivity contribution < 1.29 is 19.4 Å². The second-order valence-electron chi connectivity index (χ2n) is 4.86. The second-order valence-corrected chi connectivity index (χ2v) is 6.00. The zero-order chi connectivity index (χ0) is 14.0. The summed E-state index contributed by atoms with van der Waals surface area (Å²) in [5, 5.41) is 8.97. The molecular weight excluding hydrogens is 266 g/mol. The van der Waals surface area contributed by atoms with E-state index in [1.165, 1.54) is 11.3 Å². The normalized spacial score (nSPS) is 15.3. The van der Waals surface area contributed by atoms with E-state index in [4.69, 9.17) is 9.84 Å². The van der Waals surface area contributed by atoms with Crippen molar-refractivity contribution in [2.45, 2.75) is 32.9 Å². The van der Waals surface area contributed by atoms with Gasteiger partial charge in [-0.05, 0) is 31.9 Å². The van der Waals surface area contributed by atoms with Crippen LogP contribution in [-0.2, 0) is 22.5 Å². The average molecular weight is 283 g/mol. The van der Waals surface area contributed by atoms with Gasteiger partial charge in [-0.3, -0.25) is 9.69 Å². The molecule has 2 rings (SSSR count).